The van der Waals surface area contributed by atoms with E-state index in [-0.39, 0.29) is 0 Å². The van der Waals surface area contributed by atoms with Crippen LogP contribution in [0.3, 0.4) is 0 Å². The van der Waals surface area contributed by atoms with Crippen molar-refractivity contribution in [2.45, 2.75) is 34.6 Å². The normalized spacial score (nSPS) is 9.11. The molecular formula is C9H16. The Kier molecular flexibility index (Phi) is 3.34. The van der Waals surface area contributed by atoms with Crippen LogP contribution in [0.5, 0.6) is 0 Å². The number of hydrogen-bond acceptors (Lipinski definition) is 0. The van der Waals surface area contributed by atoms with Crippen molar-refractivity contribution in [1.29, 1.82) is 0 Å². The standard InChI is InChI=1S/C9H16/c1-7(2)6-9(5)8(3)4/h8H,1-5H3. The molecule has 0 nitrogen and oxygen atoms in total. The summed E-state index contributed by atoms with van der Waals surface area (Å²) in [5, 5.41) is 0. The third-order valence-electron chi connectivity index (χ3n) is 1.31. The highest BCUT2D eigenvalue weighted by atomic mass is 14.0. The molecule has 0 aromatic heterocycles. The summed E-state index contributed by atoms with van der Waals surface area (Å²) in [4.78, 5) is 0. The van der Waals surface area contributed by atoms with Gasteiger partial charge in [0.05, 0.1) is 0 Å². The molecule has 0 saturated heterocycles. The lowest BCUT2D eigenvalue weighted by Gasteiger charge is -1.99. The van der Waals surface area contributed by atoms with Crippen LogP contribution in [0, 0.1) is 5.92 Å². The SMILES string of the molecule is CC(C)=C=C(C)C(C)C. The minimum absolute atomic E-state index is 0.639. The van der Waals surface area contributed by atoms with Crippen molar-refractivity contribution < 1.29 is 0 Å². The zero-order valence-electron chi connectivity index (χ0n) is 7.08. The average Bonchev–Trinajstić information content (AvgIpc) is 1.63. The van der Waals surface area contributed by atoms with Crippen LogP contribution in [0.2, 0.25) is 0 Å². The van der Waals surface area contributed by atoms with Crippen LogP contribution in [-0.4, -0.2) is 0 Å². The van der Waals surface area contributed by atoms with Crippen molar-refractivity contribution in [2.24, 2.45) is 5.92 Å². The van der Waals surface area contributed by atoms with Crippen LogP contribution in [0.25, 0.3) is 0 Å². The number of rotatable bonds is 1. The molecule has 0 unspecified atom stereocenters. The van der Waals surface area contributed by atoms with Gasteiger partial charge in [-0.05, 0) is 37.8 Å². The molecule has 0 saturated carbocycles. The highest BCUT2D eigenvalue weighted by Crippen LogP contribution is 2.06. The third-order valence-corrected chi connectivity index (χ3v) is 1.31. The van der Waals surface area contributed by atoms with Crippen molar-refractivity contribution >= 4 is 0 Å². The summed E-state index contributed by atoms with van der Waals surface area (Å²) in [6, 6.07) is 0. The third kappa shape index (κ3) is 4.05. The molecule has 0 amide bonds. The molecule has 0 aromatic carbocycles. The number of allylic oxidation sites excluding steroid dienone is 1. The first-order valence-corrected chi connectivity index (χ1v) is 3.44. The Morgan fingerprint density at radius 1 is 1.11 bits per heavy atom. The highest BCUT2D eigenvalue weighted by molar-refractivity contribution is 5.05. The quantitative estimate of drug-likeness (QED) is 0.471. The van der Waals surface area contributed by atoms with Gasteiger partial charge in [-0.1, -0.05) is 13.8 Å². The van der Waals surface area contributed by atoms with Crippen LogP contribution in [-0.2, 0) is 0 Å². The highest BCUT2D eigenvalue weighted by Gasteiger charge is 1.92. The molecule has 0 rings (SSSR count). The lowest BCUT2D eigenvalue weighted by Crippen LogP contribution is -1.85. The summed E-state index contributed by atoms with van der Waals surface area (Å²) in [6.07, 6.45) is 0. The van der Waals surface area contributed by atoms with Crippen molar-refractivity contribution in [2.75, 3.05) is 0 Å². The van der Waals surface area contributed by atoms with Gasteiger partial charge in [0.25, 0.3) is 0 Å². The van der Waals surface area contributed by atoms with Crippen LogP contribution >= 0.6 is 0 Å². The summed E-state index contributed by atoms with van der Waals surface area (Å²) in [7, 11) is 0. The van der Waals surface area contributed by atoms with E-state index >= 15 is 0 Å². The van der Waals surface area contributed by atoms with E-state index in [1.54, 1.807) is 0 Å². The van der Waals surface area contributed by atoms with E-state index in [0.717, 1.165) is 0 Å². The van der Waals surface area contributed by atoms with Gasteiger partial charge in [-0.15, -0.1) is 5.73 Å². The summed E-state index contributed by atoms with van der Waals surface area (Å²) >= 11 is 0. The maximum absolute atomic E-state index is 3.28. The molecule has 52 valence electrons. The van der Waals surface area contributed by atoms with E-state index in [1.165, 1.54) is 11.1 Å². The summed E-state index contributed by atoms with van der Waals surface area (Å²) in [5.41, 5.74) is 5.88. The van der Waals surface area contributed by atoms with E-state index in [0.29, 0.717) is 5.92 Å². The summed E-state index contributed by atoms with van der Waals surface area (Å²) < 4.78 is 0. The Morgan fingerprint density at radius 3 is 1.67 bits per heavy atom. The van der Waals surface area contributed by atoms with Gasteiger partial charge >= 0.3 is 0 Å². The molecule has 9 heavy (non-hydrogen) atoms. The molecule has 0 aliphatic heterocycles. The lowest BCUT2D eigenvalue weighted by atomic mass is 10.1. The fourth-order valence-corrected chi connectivity index (χ4v) is 0.539. The zero-order chi connectivity index (χ0) is 7.44. The van der Waals surface area contributed by atoms with E-state index in [1.807, 2.05) is 0 Å². The smallest absolute Gasteiger partial charge is 0.0187 e. The van der Waals surface area contributed by atoms with E-state index in [9.17, 15) is 0 Å². The van der Waals surface area contributed by atoms with Gasteiger partial charge in [-0.3, -0.25) is 0 Å². The summed E-state index contributed by atoms with van der Waals surface area (Å²) in [5.74, 6) is 0.639. The van der Waals surface area contributed by atoms with Crippen molar-refractivity contribution in [3.8, 4) is 0 Å². The summed E-state index contributed by atoms with van der Waals surface area (Å²) in [6.45, 7) is 10.6. The first-order valence-electron chi connectivity index (χ1n) is 3.44. The molecule has 0 heteroatoms. The minimum Gasteiger partial charge on any atom is -0.123 e. The minimum atomic E-state index is 0.639. The topological polar surface area (TPSA) is 0 Å². The Labute approximate surface area is 58.3 Å². The van der Waals surface area contributed by atoms with E-state index in [4.69, 9.17) is 0 Å². The van der Waals surface area contributed by atoms with Gasteiger partial charge in [-0.25, -0.2) is 0 Å². The van der Waals surface area contributed by atoms with Crippen LogP contribution in [0.15, 0.2) is 16.9 Å². The van der Waals surface area contributed by atoms with Gasteiger partial charge in [0.15, 0.2) is 0 Å². The van der Waals surface area contributed by atoms with Crippen molar-refractivity contribution in [1.82, 2.24) is 0 Å². The molecule has 0 radical (unpaired) electrons. The molecule has 0 fully saturated rings. The van der Waals surface area contributed by atoms with Gasteiger partial charge < -0.3 is 0 Å². The fourth-order valence-electron chi connectivity index (χ4n) is 0.539. The molecule has 0 aromatic rings. The molecule has 0 N–H and O–H groups in total. The van der Waals surface area contributed by atoms with Crippen LogP contribution in [0.4, 0.5) is 0 Å². The van der Waals surface area contributed by atoms with Gasteiger partial charge in [-0.2, -0.15) is 0 Å². The number of hydrogen-bond donors (Lipinski definition) is 0. The van der Waals surface area contributed by atoms with Gasteiger partial charge in [0.1, 0.15) is 0 Å². The maximum Gasteiger partial charge on any atom is -0.0187 e. The van der Waals surface area contributed by atoms with Gasteiger partial charge in [0.2, 0.25) is 0 Å². The van der Waals surface area contributed by atoms with E-state index < -0.39 is 0 Å². The molecule has 0 atom stereocenters. The second-order valence-corrected chi connectivity index (χ2v) is 2.96. The second kappa shape index (κ2) is 3.53. The average molecular weight is 124 g/mol. The Morgan fingerprint density at radius 2 is 1.56 bits per heavy atom. The largest absolute Gasteiger partial charge is 0.123 e. The van der Waals surface area contributed by atoms with Gasteiger partial charge in [0, 0.05) is 0 Å². The molecule has 0 aliphatic carbocycles. The second-order valence-electron chi connectivity index (χ2n) is 2.96. The first-order chi connectivity index (χ1) is 4.04. The van der Waals surface area contributed by atoms with Crippen molar-refractivity contribution in [3.63, 3.8) is 0 Å². The molecular weight excluding hydrogens is 108 g/mol. The Hall–Kier alpha value is -0.480. The Bertz CT molecular complexity index is 139. The van der Waals surface area contributed by atoms with E-state index in [2.05, 4.69) is 40.3 Å². The Balaban J connectivity index is 4.35. The predicted octanol–water partition coefficient (Wildman–Crippen LogP) is 3.15. The molecule has 0 spiro atoms. The molecule has 0 bridgehead atoms. The molecule has 0 aliphatic rings. The van der Waals surface area contributed by atoms with Crippen LogP contribution in [0.1, 0.15) is 34.6 Å². The molecule has 0 heterocycles. The predicted molar refractivity (Wildman–Crippen MR) is 42.4 cm³/mol. The van der Waals surface area contributed by atoms with Crippen molar-refractivity contribution in [3.05, 3.63) is 16.9 Å². The maximum atomic E-state index is 3.28. The van der Waals surface area contributed by atoms with Crippen LogP contribution < -0.4 is 0 Å². The first kappa shape index (κ1) is 8.52. The monoisotopic (exact) mass is 124 g/mol. The fraction of sp³-hybridized carbons (Fsp3) is 0.667. The zero-order valence-corrected chi connectivity index (χ0v) is 7.08. The lowest BCUT2D eigenvalue weighted by molar-refractivity contribution is 0.770.